The van der Waals surface area contributed by atoms with Gasteiger partial charge in [0, 0.05) is 17.3 Å². The molecule has 0 fully saturated rings. The number of ether oxygens (including phenoxy) is 1. The lowest BCUT2D eigenvalue weighted by atomic mass is 10.0. The van der Waals surface area contributed by atoms with Crippen molar-refractivity contribution in [3.8, 4) is 5.75 Å². The van der Waals surface area contributed by atoms with Crippen LogP contribution >= 0.6 is 0 Å². The molecule has 2 aromatic rings. The zero-order valence-corrected chi connectivity index (χ0v) is 18.1. The average Bonchev–Trinajstić information content (AvgIpc) is 3.03. The molecule has 1 aromatic heterocycles. The van der Waals surface area contributed by atoms with Crippen molar-refractivity contribution in [3.05, 3.63) is 52.7 Å². The third-order valence-corrected chi connectivity index (χ3v) is 5.20. The maximum Gasteiger partial charge on any atom is 0.422 e. The molecule has 1 unspecified atom stereocenters. The molecule has 0 spiro atoms. The normalized spacial score (nSPS) is 14.9. The van der Waals surface area contributed by atoms with Crippen LogP contribution in [0.3, 0.4) is 0 Å². The second-order valence-corrected chi connectivity index (χ2v) is 8.24. The van der Waals surface area contributed by atoms with Gasteiger partial charge in [-0.25, -0.2) is 4.98 Å². The van der Waals surface area contributed by atoms with Crippen LogP contribution in [-0.4, -0.2) is 45.2 Å². The van der Waals surface area contributed by atoms with Crippen LogP contribution in [0.2, 0.25) is 0 Å². The van der Waals surface area contributed by atoms with Gasteiger partial charge < -0.3 is 20.1 Å². The Kier molecular flexibility index (Phi) is 6.19. The van der Waals surface area contributed by atoms with E-state index >= 15 is 0 Å². The Morgan fingerprint density at radius 3 is 2.59 bits per heavy atom. The van der Waals surface area contributed by atoms with Crippen molar-refractivity contribution in [3.63, 3.8) is 0 Å². The first-order valence-electron chi connectivity index (χ1n) is 9.90. The molecule has 1 atom stereocenters. The Hall–Kier alpha value is -3.14. The summed E-state index contributed by atoms with van der Waals surface area (Å²) >= 11 is 0. The molecule has 172 valence electrons. The predicted octanol–water partition coefficient (Wildman–Crippen LogP) is 3.76. The van der Waals surface area contributed by atoms with Crippen molar-refractivity contribution >= 4 is 17.6 Å². The number of carbonyl (C=O) groups excluding carboxylic acids is 2. The zero-order valence-electron chi connectivity index (χ0n) is 18.1. The second kappa shape index (κ2) is 8.42. The molecule has 1 aliphatic heterocycles. The van der Waals surface area contributed by atoms with E-state index in [2.05, 4.69) is 10.3 Å². The molecule has 7 nitrogen and oxygen atoms in total. The fraction of sp³-hybridized carbons (Fsp3) is 0.409. The number of alkyl halides is 3. The van der Waals surface area contributed by atoms with Crippen LogP contribution in [0.15, 0.2) is 30.5 Å². The lowest BCUT2D eigenvalue weighted by Gasteiger charge is -2.25. The minimum absolute atomic E-state index is 0.120. The Bertz CT molecular complexity index is 1050. The van der Waals surface area contributed by atoms with E-state index in [1.807, 2.05) is 0 Å². The molecule has 2 N–H and O–H groups in total. The second-order valence-electron chi connectivity index (χ2n) is 8.24. The van der Waals surface area contributed by atoms with Crippen LogP contribution in [0, 0.1) is 6.92 Å². The number of hydrogen-bond acceptors (Lipinski definition) is 5. The number of fused-ring (bicyclic) bond motifs is 1. The monoisotopic (exact) mass is 451 g/mol. The zero-order chi connectivity index (χ0) is 23.8. The molecule has 1 aliphatic rings. The smallest absolute Gasteiger partial charge is 0.422 e. The number of amides is 2. The van der Waals surface area contributed by atoms with Crippen LogP contribution in [0.25, 0.3) is 0 Å². The summed E-state index contributed by atoms with van der Waals surface area (Å²) in [6, 6.07) is 5.92. The van der Waals surface area contributed by atoms with Crippen LogP contribution in [-0.2, 0) is 11.3 Å². The van der Waals surface area contributed by atoms with Crippen LogP contribution < -0.4 is 10.1 Å². The van der Waals surface area contributed by atoms with Crippen molar-refractivity contribution < 1.29 is 32.6 Å². The first kappa shape index (κ1) is 23.5. The summed E-state index contributed by atoms with van der Waals surface area (Å²) in [5.74, 6) is -0.592. The molecular formula is C22H24F3N3O4. The number of carbonyl (C=O) groups is 2. The number of anilines is 1. The molecule has 1 aromatic carbocycles. The standard InChI is InChI=1S/C22H24F3N3O4/c1-12-9-14(5-6-17(12)32-11-22(23,24)25)13(2)28-10-16-15(19(28)29)7-8-26-18(16)27-20(30)21(3,4)31/h5-9,13,31H,10-11H2,1-4H3,(H,26,27,30). The van der Waals surface area contributed by atoms with Gasteiger partial charge in [0.25, 0.3) is 11.8 Å². The van der Waals surface area contributed by atoms with Crippen molar-refractivity contribution in [1.82, 2.24) is 9.88 Å². The lowest BCUT2D eigenvalue weighted by Crippen LogP contribution is -2.37. The van der Waals surface area contributed by atoms with Gasteiger partial charge in [0.1, 0.15) is 17.2 Å². The maximum atomic E-state index is 13.0. The molecule has 32 heavy (non-hydrogen) atoms. The number of aryl methyl sites for hydroxylation is 1. The fourth-order valence-electron chi connectivity index (χ4n) is 3.36. The predicted molar refractivity (Wildman–Crippen MR) is 110 cm³/mol. The highest BCUT2D eigenvalue weighted by Crippen LogP contribution is 2.35. The van der Waals surface area contributed by atoms with Gasteiger partial charge in [-0.3, -0.25) is 9.59 Å². The first-order chi connectivity index (χ1) is 14.8. The minimum Gasteiger partial charge on any atom is -0.484 e. The fourth-order valence-corrected chi connectivity index (χ4v) is 3.36. The van der Waals surface area contributed by atoms with E-state index in [1.54, 1.807) is 36.9 Å². The number of aliphatic hydroxyl groups is 1. The number of nitrogens with zero attached hydrogens (tertiary/aromatic N) is 2. The number of hydrogen-bond donors (Lipinski definition) is 2. The van der Waals surface area contributed by atoms with E-state index in [-0.39, 0.29) is 24.0 Å². The summed E-state index contributed by atoms with van der Waals surface area (Å²) in [6.45, 7) is 4.92. The van der Waals surface area contributed by atoms with E-state index in [1.165, 1.54) is 26.1 Å². The highest BCUT2D eigenvalue weighted by atomic mass is 19.4. The molecule has 0 saturated heterocycles. The lowest BCUT2D eigenvalue weighted by molar-refractivity contribution is -0.153. The number of halogens is 3. The first-order valence-corrected chi connectivity index (χ1v) is 9.90. The van der Waals surface area contributed by atoms with Gasteiger partial charge in [0.2, 0.25) is 0 Å². The topological polar surface area (TPSA) is 91.8 Å². The van der Waals surface area contributed by atoms with E-state index < -0.39 is 30.3 Å². The Labute approximate surface area is 183 Å². The van der Waals surface area contributed by atoms with Gasteiger partial charge in [-0.15, -0.1) is 0 Å². The van der Waals surface area contributed by atoms with Crippen LogP contribution in [0.1, 0.15) is 53.9 Å². The Morgan fingerprint density at radius 1 is 1.31 bits per heavy atom. The largest absolute Gasteiger partial charge is 0.484 e. The molecular weight excluding hydrogens is 427 g/mol. The van der Waals surface area contributed by atoms with Gasteiger partial charge >= 0.3 is 6.18 Å². The number of nitrogens with one attached hydrogen (secondary N) is 1. The maximum absolute atomic E-state index is 13.0. The Balaban J connectivity index is 1.80. The summed E-state index contributed by atoms with van der Waals surface area (Å²) in [6.07, 6.45) is -3.03. The molecule has 0 radical (unpaired) electrons. The third kappa shape index (κ3) is 5.01. The van der Waals surface area contributed by atoms with Gasteiger partial charge in [0.05, 0.1) is 12.6 Å². The van der Waals surface area contributed by atoms with E-state index in [0.717, 1.165) is 5.56 Å². The highest BCUT2D eigenvalue weighted by Gasteiger charge is 2.35. The van der Waals surface area contributed by atoms with Crippen LogP contribution in [0.5, 0.6) is 5.75 Å². The van der Waals surface area contributed by atoms with E-state index in [9.17, 15) is 27.9 Å². The number of rotatable bonds is 6. The number of aromatic nitrogens is 1. The molecule has 0 saturated carbocycles. The Morgan fingerprint density at radius 2 is 2.00 bits per heavy atom. The molecule has 0 aliphatic carbocycles. The molecule has 3 rings (SSSR count). The van der Waals surface area contributed by atoms with Crippen LogP contribution in [0.4, 0.5) is 19.0 Å². The van der Waals surface area contributed by atoms with Crippen molar-refractivity contribution in [2.75, 3.05) is 11.9 Å². The summed E-state index contributed by atoms with van der Waals surface area (Å²) in [7, 11) is 0. The van der Waals surface area contributed by atoms with Gasteiger partial charge in [-0.1, -0.05) is 12.1 Å². The average molecular weight is 451 g/mol. The summed E-state index contributed by atoms with van der Waals surface area (Å²) < 4.78 is 42.1. The van der Waals surface area contributed by atoms with Crippen molar-refractivity contribution in [1.29, 1.82) is 0 Å². The highest BCUT2D eigenvalue weighted by molar-refractivity contribution is 6.02. The SMILES string of the molecule is Cc1cc(C(C)N2Cc3c(ccnc3NC(=O)C(C)(C)O)C2=O)ccc1OCC(F)(F)F. The minimum atomic E-state index is -4.43. The summed E-state index contributed by atoms with van der Waals surface area (Å²) in [5, 5.41) is 12.4. The molecule has 2 heterocycles. The number of pyridine rings is 1. The quantitative estimate of drug-likeness (QED) is 0.698. The van der Waals surface area contributed by atoms with Gasteiger partial charge in [-0.2, -0.15) is 13.2 Å². The molecule has 10 heteroatoms. The van der Waals surface area contributed by atoms with Gasteiger partial charge in [0.15, 0.2) is 6.61 Å². The van der Waals surface area contributed by atoms with E-state index in [4.69, 9.17) is 4.74 Å². The van der Waals surface area contributed by atoms with Crippen molar-refractivity contribution in [2.24, 2.45) is 0 Å². The summed E-state index contributed by atoms with van der Waals surface area (Å²) in [5.41, 5.74) is 0.539. The summed E-state index contributed by atoms with van der Waals surface area (Å²) in [4.78, 5) is 30.9. The number of benzene rings is 1. The van der Waals surface area contributed by atoms with E-state index in [0.29, 0.717) is 16.7 Å². The molecule has 2 amide bonds. The molecule has 0 bridgehead atoms. The van der Waals surface area contributed by atoms with Crippen molar-refractivity contribution in [2.45, 2.75) is 52.1 Å². The van der Waals surface area contributed by atoms with Gasteiger partial charge in [-0.05, 0) is 51.0 Å². The third-order valence-electron chi connectivity index (χ3n) is 5.20.